The number of allylic oxidation sites excluding steroid dienone is 3. The van der Waals surface area contributed by atoms with E-state index in [-0.39, 0.29) is 24.4 Å². The molecule has 202 valence electrons. The lowest BCUT2D eigenvalue weighted by molar-refractivity contribution is -0.141. The number of nitrogens with one attached hydrogen (secondary N) is 1. The standard InChI is InChI=1S/C30H34BrNO6/c1-17(2)37-12-13-38-30(34)27-18(3)32-23-15-20(21-8-6-7-9-25(21)35-4)16-24(33)29(23)28(27)19-10-11-26(36-5)22(31)14-19/h6-11,14,17,20,28,32H,12-13,15-16H2,1-5H3/t20-,28+/m1/s1. The van der Waals surface area contributed by atoms with Crippen molar-refractivity contribution in [3.8, 4) is 11.5 Å². The molecule has 8 heteroatoms. The molecule has 0 saturated carbocycles. The molecule has 0 saturated heterocycles. The molecule has 1 N–H and O–H groups in total. The van der Waals surface area contributed by atoms with E-state index in [4.69, 9.17) is 18.9 Å². The zero-order valence-corrected chi connectivity index (χ0v) is 24.0. The Morgan fingerprint density at radius 1 is 1.05 bits per heavy atom. The Hall–Kier alpha value is -3.10. The van der Waals surface area contributed by atoms with Gasteiger partial charge < -0.3 is 24.3 Å². The van der Waals surface area contributed by atoms with Gasteiger partial charge in [-0.05, 0) is 72.4 Å². The smallest absolute Gasteiger partial charge is 0.336 e. The minimum Gasteiger partial charge on any atom is -0.496 e. The Balaban J connectivity index is 1.73. The molecule has 2 aliphatic rings. The zero-order valence-electron chi connectivity index (χ0n) is 22.4. The largest absolute Gasteiger partial charge is 0.496 e. The highest BCUT2D eigenvalue weighted by Crippen LogP contribution is 2.47. The number of carbonyl (C=O) groups is 2. The molecule has 0 fully saturated rings. The van der Waals surface area contributed by atoms with Crippen molar-refractivity contribution < 1.29 is 28.5 Å². The lowest BCUT2D eigenvalue weighted by Gasteiger charge is -2.37. The van der Waals surface area contributed by atoms with Gasteiger partial charge in [-0.25, -0.2) is 4.79 Å². The van der Waals surface area contributed by atoms with Crippen LogP contribution in [0.3, 0.4) is 0 Å². The normalized spacial score (nSPS) is 19.3. The molecule has 2 aromatic carbocycles. The van der Waals surface area contributed by atoms with Gasteiger partial charge in [0.1, 0.15) is 18.1 Å². The lowest BCUT2D eigenvalue weighted by atomic mass is 9.71. The molecule has 4 rings (SSSR count). The number of hydrogen-bond acceptors (Lipinski definition) is 7. The third kappa shape index (κ3) is 5.81. The number of ether oxygens (including phenoxy) is 4. The first-order chi connectivity index (χ1) is 18.2. The Bertz CT molecular complexity index is 1280. The number of carbonyl (C=O) groups excluding carboxylic acids is 2. The second-order valence-electron chi connectivity index (χ2n) is 9.71. The van der Waals surface area contributed by atoms with Crippen LogP contribution in [-0.4, -0.2) is 45.3 Å². The number of benzene rings is 2. The van der Waals surface area contributed by atoms with Crippen LogP contribution in [0.15, 0.2) is 69.5 Å². The van der Waals surface area contributed by atoms with Crippen molar-refractivity contribution in [1.29, 1.82) is 0 Å². The van der Waals surface area contributed by atoms with Crippen LogP contribution in [0.25, 0.3) is 0 Å². The number of halogens is 1. The van der Waals surface area contributed by atoms with E-state index in [2.05, 4.69) is 21.2 Å². The van der Waals surface area contributed by atoms with Crippen molar-refractivity contribution in [2.45, 2.75) is 51.6 Å². The first-order valence-corrected chi connectivity index (χ1v) is 13.5. The second-order valence-corrected chi connectivity index (χ2v) is 10.6. The number of rotatable bonds is 9. The molecule has 0 unspecified atom stereocenters. The fraction of sp³-hybridized carbons (Fsp3) is 0.400. The predicted octanol–water partition coefficient (Wildman–Crippen LogP) is 5.80. The highest BCUT2D eigenvalue weighted by molar-refractivity contribution is 9.10. The number of methoxy groups -OCH3 is 2. The van der Waals surface area contributed by atoms with Crippen molar-refractivity contribution in [3.63, 3.8) is 0 Å². The Morgan fingerprint density at radius 3 is 2.47 bits per heavy atom. The van der Waals surface area contributed by atoms with E-state index >= 15 is 0 Å². The minimum atomic E-state index is -0.571. The van der Waals surface area contributed by atoms with Crippen LogP contribution in [0.4, 0.5) is 0 Å². The van der Waals surface area contributed by atoms with Gasteiger partial charge in [0.05, 0.1) is 37.0 Å². The van der Waals surface area contributed by atoms with E-state index in [9.17, 15) is 9.59 Å². The molecule has 0 aromatic heterocycles. The van der Waals surface area contributed by atoms with Crippen molar-refractivity contribution in [2.24, 2.45) is 0 Å². The van der Waals surface area contributed by atoms with E-state index < -0.39 is 11.9 Å². The summed E-state index contributed by atoms with van der Waals surface area (Å²) in [6.07, 6.45) is 0.981. The van der Waals surface area contributed by atoms with Crippen LogP contribution >= 0.6 is 15.9 Å². The maximum atomic E-state index is 13.8. The summed E-state index contributed by atoms with van der Waals surface area (Å²) in [7, 11) is 3.24. The monoisotopic (exact) mass is 583 g/mol. The Morgan fingerprint density at radius 2 is 1.79 bits per heavy atom. The quantitative estimate of drug-likeness (QED) is 0.295. The SMILES string of the molecule is COc1ccc([C@H]2C(C(=O)OCCOC(C)C)=C(C)NC3=C2C(=O)C[C@H](c2ccccc2OC)C3)cc1Br. The number of esters is 1. The maximum absolute atomic E-state index is 13.8. The topological polar surface area (TPSA) is 83.1 Å². The third-order valence-corrected chi connectivity index (χ3v) is 7.52. The maximum Gasteiger partial charge on any atom is 0.336 e. The summed E-state index contributed by atoms with van der Waals surface area (Å²) in [6, 6.07) is 13.4. The van der Waals surface area contributed by atoms with Crippen LogP contribution < -0.4 is 14.8 Å². The van der Waals surface area contributed by atoms with E-state index in [0.29, 0.717) is 42.0 Å². The summed E-state index contributed by atoms with van der Waals surface area (Å²) in [5.41, 5.74) is 4.33. The summed E-state index contributed by atoms with van der Waals surface area (Å²) in [4.78, 5) is 27.3. The van der Waals surface area contributed by atoms with Crippen LogP contribution in [0.5, 0.6) is 11.5 Å². The van der Waals surface area contributed by atoms with Gasteiger partial charge in [-0.2, -0.15) is 0 Å². The lowest BCUT2D eigenvalue weighted by Crippen LogP contribution is -2.36. The van der Waals surface area contributed by atoms with Crippen molar-refractivity contribution in [2.75, 3.05) is 27.4 Å². The molecular weight excluding hydrogens is 550 g/mol. The molecule has 0 amide bonds. The highest BCUT2D eigenvalue weighted by atomic mass is 79.9. The zero-order chi connectivity index (χ0) is 27.4. The first kappa shape index (κ1) is 27.9. The van der Waals surface area contributed by atoms with Gasteiger partial charge in [-0.1, -0.05) is 24.3 Å². The molecule has 0 spiro atoms. The molecule has 1 heterocycles. The van der Waals surface area contributed by atoms with Crippen LogP contribution in [0.2, 0.25) is 0 Å². The molecule has 0 radical (unpaired) electrons. The van der Waals surface area contributed by atoms with Gasteiger partial charge in [0, 0.05) is 35.2 Å². The van der Waals surface area contributed by atoms with Gasteiger partial charge in [-0.3, -0.25) is 4.79 Å². The van der Waals surface area contributed by atoms with E-state index in [1.807, 2.05) is 63.2 Å². The number of hydrogen-bond donors (Lipinski definition) is 1. The second kappa shape index (κ2) is 12.2. The van der Waals surface area contributed by atoms with E-state index in [1.54, 1.807) is 14.2 Å². The fourth-order valence-corrected chi connectivity index (χ4v) is 5.78. The molecular formula is C30H34BrNO6. The van der Waals surface area contributed by atoms with E-state index in [1.165, 1.54) is 0 Å². The summed E-state index contributed by atoms with van der Waals surface area (Å²) in [5.74, 6) is 0.346. The third-order valence-electron chi connectivity index (χ3n) is 6.90. The van der Waals surface area contributed by atoms with E-state index in [0.717, 1.165) is 27.0 Å². The molecule has 1 aliphatic carbocycles. The average molecular weight is 585 g/mol. The van der Waals surface area contributed by atoms with Gasteiger partial charge in [0.25, 0.3) is 0 Å². The molecule has 0 bridgehead atoms. The molecule has 7 nitrogen and oxygen atoms in total. The van der Waals surface area contributed by atoms with Crippen molar-refractivity contribution >= 4 is 27.7 Å². The number of dihydropyridines is 1. The molecule has 2 aromatic rings. The summed E-state index contributed by atoms with van der Waals surface area (Å²) >= 11 is 3.57. The van der Waals surface area contributed by atoms with Crippen LogP contribution in [0.1, 0.15) is 56.6 Å². The fourth-order valence-electron chi connectivity index (χ4n) is 5.22. The molecule has 38 heavy (non-hydrogen) atoms. The van der Waals surface area contributed by atoms with Gasteiger partial charge in [0.15, 0.2) is 5.78 Å². The highest BCUT2D eigenvalue weighted by Gasteiger charge is 2.42. The number of ketones is 1. The summed E-state index contributed by atoms with van der Waals surface area (Å²) in [6.45, 7) is 6.14. The number of Topliss-reactive ketones (excluding diaryl/α,β-unsaturated/α-hetero) is 1. The Labute approximate surface area is 232 Å². The minimum absolute atomic E-state index is 0.00691. The summed E-state index contributed by atoms with van der Waals surface area (Å²) < 4.78 is 22.9. The molecule has 2 atom stereocenters. The van der Waals surface area contributed by atoms with Crippen LogP contribution in [-0.2, 0) is 19.1 Å². The average Bonchev–Trinajstić information content (AvgIpc) is 2.89. The van der Waals surface area contributed by atoms with Gasteiger partial charge >= 0.3 is 5.97 Å². The van der Waals surface area contributed by atoms with Gasteiger partial charge in [-0.15, -0.1) is 0 Å². The van der Waals surface area contributed by atoms with Crippen LogP contribution in [0, 0.1) is 0 Å². The summed E-state index contributed by atoms with van der Waals surface area (Å²) in [5, 5.41) is 3.39. The predicted molar refractivity (Wildman–Crippen MR) is 148 cm³/mol. The first-order valence-electron chi connectivity index (χ1n) is 12.7. The molecule has 1 aliphatic heterocycles. The number of para-hydroxylation sites is 1. The van der Waals surface area contributed by atoms with Gasteiger partial charge in [0.2, 0.25) is 0 Å². The Kier molecular flexibility index (Phi) is 8.95. The van der Waals surface area contributed by atoms with Crippen molar-refractivity contribution in [3.05, 3.63) is 80.6 Å². The van der Waals surface area contributed by atoms with Crippen molar-refractivity contribution in [1.82, 2.24) is 5.32 Å².